The number of hydrogen-bond donors (Lipinski definition) is 1. The quantitative estimate of drug-likeness (QED) is 0.241. The van der Waals surface area contributed by atoms with Gasteiger partial charge in [0.15, 0.2) is 20.7 Å². The maximum atomic E-state index is 12.8. The molecule has 0 unspecified atom stereocenters. The summed E-state index contributed by atoms with van der Waals surface area (Å²) >= 11 is 1.86. The molecule has 0 aromatic carbocycles. The average Bonchev–Trinajstić information content (AvgIpc) is 3.10. The van der Waals surface area contributed by atoms with Crippen LogP contribution in [-0.4, -0.2) is 42.7 Å². The lowest BCUT2D eigenvalue weighted by molar-refractivity contribution is -0.671. The summed E-state index contributed by atoms with van der Waals surface area (Å²) in [5.74, 6) is -0.471. The van der Waals surface area contributed by atoms with Gasteiger partial charge < -0.3 is 13.9 Å². The molecule has 11 heteroatoms. The van der Waals surface area contributed by atoms with Gasteiger partial charge in [0.2, 0.25) is 0 Å². The van der Waals surface area contributed by atoms with Gasteiger partial charge >= 0.3 is 11.7 Å². The van der Waals surface area contributed by atoms with Crippen molar-refractivity contribution in [3.05, 3.63) is 60.7 Å². The number of aromatic amines is 1. The first kappa shape index (κ1) is 25.8. The van der Waals surface area contributed by atoms with E-state index < -0.39 is 44.0 Å². The molecule has 180 valence electrons. The van der Waals surface area contributed by atoms with Crippen LogP contribution >= 0.6 is 22.6 Å². The molecular formula is C22H31IN3O6Si+. The minimum absolute atomic E-state index is 0.00192. The monoisotopic (exact) mass is 588 g/mol. The van der Waals surface area contributed by atoms with E-state index >= 15 is 0 Å². The van der Waals surface area contributed by atoms with Crippen LogP contribution < -0.4 is 15.8 Å². The number of carbonyl (C=O) groups excluding carboxylic acids is 1. The van der Waals surface area contributed by atoms with Crippen molar-refractivity contribution < 1.29 is 23.3 Å². The Balaban J connectivity index is 1.85. The van der Waals surface area contributed by atoms with Crippen molar-refractivity contribution in [3.63, 3.8) is 0 Å². The molecule has 0 aliphatic carbocycles. The van der Waals surface area contributed by atoms with Gasteiger partial charge in [-0.25, -0.2) is 14.2 Å². The number of halogens is 1. The molecule has 2 aromatic rings. The van der Waals surface area contributed by atoms with E-state index in [1.54, 1.807) is 22.9 Å². The van der Waals surface area contributed by atoms with Gasteiger partial charge in [-0.2, -0.15) is 0 Å². The number of carbonyl (C=O) groups is 1. The summed E-state index contributed by atoms with van der Waals surface area (Å²) in [5.41, 5.74) is -0.604. The first-order valence-corrected chi connectivity index (χ1v) is 14.7. The Hall–Kier alpha value is -1.83. The summed E-state index contributed by atoms with van der Waals surface area (Å²) in [6.45, 7) is 11.0. The van der Waals surface area contributed by atoms with Gasteiger partial charge in [0.1, 0.15) is 31.0 Å². The fourth-order valence-electron chi connectivity index (χ4n) is 3.24. The summed E-state index contributed by atoms with van der Waals surface area (Å²) in [7, 11) is -0.258. The minimum Gasteiger partial charge on any atom is -0.456 e. The zero-order valence-electron chi connectivity index (χ0n) is 19.8. The summed E-state index contributed by atoms with van der Waals surface area (Å²) in [6.07, 6.45) is 3.37. The Morgan fingerprint density at radius 3 is 2.70 bits per heavy atom. The highest BCUT2D eigenvalue weighted by molar-refractivity contribution is 14.1. The molecule has 2 aromatic heterocycles. The third-order valence-electron chi connectivity index (χ3n) is 6.26. The molecule has 3 heterocycles. The molecular weight excluding hydrogens is 557 g/mol. The van der Waals surface area contributed by atoms with E-state index in [4.69, 9.17) is 13.9 Å². The Morgan fingerprint density at radius 1 is 1.36 bits per heavy atom. The molecule has 0 radical (unpaired) electrons. The predicted octanol–water partition coefficient (Wildman–Crippen LogP) is 2.50. The van der Waals surface area contributed by atoms with E-state index in [0.717, 1.165) is 0 Å². The second-order valence-electron chi connectivity index (χ2n) is 9.78. The number of rotatable bonds is 6. The zero-order valence-corrected chi connectivity index (χ0v) is 22.9. The van der Waals surface area contributed by atoms with Crippen LogP contribution in [0, 0.1) is 3.57 Å². The molecule has 1 saturated heterocycles. The third-order valence-corrected chi connectivity index (χ3v) is 11.5. The van der Waals surface area contributed by atoms with Gasteiger partial charge in [-0.3, -0.25) is 14.3 Å². The lowest BCUT2D eigenvalue weighted by Crippen LogP contribution is -2.44. The molecule has 33 heavy (non-hydrogen) atoms. The summed E-state index contributed by atoms with van der Waals surface area (Å²) in [6, 6.07) is 3.45. The first-order chi connectivity index (χ1) is 15.3. The molecule has 1 aliphatic heterocycles. The molecule has 0 amide bonds. The van der Waals surface area contributed by atoms with Crippen LogP contribution in [0.3, 0.4) is 0 Å². The fourth-order valence-corrected chi connectivity index (χ4v) is 4.69. The van der Waals surface area contributed by atoms with Crippen LogP contribution in [0.2, 0.25) is 18.1 Å². The van der Waals surface area contributed by atoms with E-state index in [9.17, 15) is 14.4 Å². The third kappa shape index (κ3) is 6.00. The van der Waals surface area contributed by atoms with Crippen LogP contribution in [0.5, 0.6) is 0 Å². The number of H-pyrrole nitrogens is 1. The largest absolute Gasteiger partial charge is 0.456 e. The Kier molecular flexibility index (Phi) is 7.66. The van der Waals surface area contributed by atoms with Crippen LogP contribution in [0.1, 0.15) is 43.8 Å². The lowest BCUT2D eigenvalue weighted by Gasteiger charge is -2.37. The molecule has 1 N–H and O–H groups in total. The summed E-state index contributed by atoms with van der Waals surface area (Å²) in [5, 5.41) is 0.00192. The Morgan fingerprint density at radius 2 is 2.06 bits per heavy atom. The molecule has 0 spiro atoms. The van der Waals surface area contributed by atoms with Gasteiger partial charge in [0.25, 0.3) is 5.56 Å². The van der Waals surface area contributed by atoms with E-state index in [0.29, 0.717) is 9.13 Å². The second kappa shape index (κ2) is 9.80. The molecule has 0 bridgehead atoms. The SMILES string of the molecule is C[n+]1cccc(C(=O)O[C@H]2C[C@H](n3cc(I)c(=O)[nH]c3=O)O[C@@H]2CO[Si](C)(C)C(C)(C)C)c1. The summed E-state index contributed by atoms with van der Waals surface area (Å²) in [4.78, 5) is 39.3. The van der Waals surface area contributed by atoms with Gasteiger partial charge in [-0.05, 0) is 46.8 Å². The Labute approximate surface area is 207 Å². The normalized spacial score (nSPS) is 21.2. The molecule has 1 aliphatic rings. The highest BCUT2D eigenvalue weighted by Gasteiger charge is 2.43. The molecule has 3 atom stereocenters. The fraction of sp³-hybridized carbons (Fsp3) is 0.545. The zero-order chi connectivity index (χ0) is 24.6. The van der Waals surface area contributed by atoms with Gasteiger partial charge in [-0.15, -0.1) is 0 Å². The molecule has 1 fully saturated rings. The van der Waals surface area contributed by atoms with Gasteiger partial charge in [-0.1, -0.05) is 20.8 Å². The average molecular weight is 588 g/mol. The number of nitrogens with one attached hydrogen (secondary N) is 1. The second-order valence-corrected chi connectivity index (χ2v) is 15.8. The van der Waals surface area contributed by atoms with Gasteiger partial charge in [0.05, 0.1) is 10.2 Å². The van der Waals surface area contributed by atoms with Crippen molar-refractivity contribution in [2.45, 2.75) is 63.8 Å². The highest BCUT2D eigenvalue weighted by atomic mass is 127. The van der Waals surface area contributed by atoms with Crippen molar-refractivity contribution in [1.29, 1.82) is 0 Å². The summed E-state index contributed by atoms with van der Waals surface area (Å²) < 4.78 is 21.8. The highest BCUT2D eigenvalue weighted by Crippen LogP contribution is 2.38. The number of esters is 1. The topological polar surface area (TPSA) is 104 Å². The number of nitrogens with zero attached hydrogens (tertiary/aromatic N) is 2. The number of aryl methyl sites for hydroxylation is 1. The Bertz CT molecular complexity index is 1140. The van der Waals surface area contributed by atoms with E-state index in [1.807, 2.05) is 35.8 Å². The van der Waals surface area contributed by atoms with Crippen molar-refractivity contribution in [3.8, 4) is 0 Å². The van der Waals surface area contributed by atoms with Crippen molar-refractivity contribution in [2.24, 2.45) is 7.05 Å². The van der Waals surface area contributed by atoms with E-state index in [2.05, 4.69) is 38.8 Å². The van der Waals surface area contributed by atoms with Crippen LogP contribution in [0.15, 0.2) is 40.3 Å². The van der Waals surface area contributed by atoms with Crippen LogP contribution in [0.25, 0.3) is 0 Å². The number of hydrogen-bond acceptors (Lipinski definition) is 6. The van der Waals surface area contributed by atoms with E-state index in [-0.39, 0.29) is 18.1 Å². The maximum absolute atomic E-state index is 12.8. The minimum atomic E-state index is -2.08. The van der Waals surface area contributed by atoms with Crippen LogP contribution in [0.4, 0.5) is 0 Å². The number of ether oxygens (including phenoxy) is 2. The smallest absolute Gasteiger partial charge is 0.344 e. The number of aromatic nitrogens is 3. The molecule has 0 saturated carbocycles. The molecule has 3 rings (SSSR count). The lowest BCUT2D eigenvalue weighted by atomic mass is 10.2. The molecule has 9 nitrogen and oxygen atoms in total. The maximum Gasteiger partial charge on any atom is 0.344 e. The number of pyridine rings is 1. The predicted molar refractivity (Wildman–Crippen MR) is 133 cm³/mol. The first-order valence-electron chi connectivity index (χ1n) is 10.7. The van der Waals surface area contributed by atoms with Gasteiger partial charge in [0, 0.05) is 18.7 Å². The van der Waals surface area contributed by atoms with Crippen LogP contribution in [-0.2, 0) is 20.9 Å². The van der Waals surface area contributed by atoms with Crippen molar-refractivity contribution in [1.82, 2.24) is 9.55 Å². The van der Waals surface area contributed by atoms with Crippen molar-refractivity contribution >= 4 is 36.9 Å². The standard InChI is InChI=1S/C22H30IN3O6Si/c1-22(2,3)33(5,6)30-13-17-16(32-20(28)14-8-7-9-25(4)11-14)10-18(31-17)26-12-15(23)19(27)24-21(26)29/h7-9,11-12,16-18H,10,13H2,1-6H3/p+1/t16-,17+,18+/m0/s1. The van der Waals surface area contributed by atoms with Crippen molar-refractivity contribution in [2.75, 3.05) is 6.61 Å². The van der Waals surface area contributed by atoms with E-state index in [1.165, 1.54) is 10.8 Å².